The molecule has 2 heterocycles. The third-order valence-electron chi connectivity index (χ3n) is 3.40. The Morgan fingerprint density at radius 2 is 2.15 bits per heavy atom. The first kappa shape index (κ1) is 14.6. The number of hydrogen-bond donors (Lipinski definition) is 1. The molecule has 6 nitrogen and oxygen atoms in total. The maximum absolute atomic E-state index is 12.1. The topological polar surface area (TPSA) is 61.4 Å². The third-order valence-corrected chi connectivity index (χ3v) is 3.40. The minimum absolute atomic E-state index is 0.165. The molecule has 1 aliphatic heterocycles. The molecule has 1 amide bonds. The molecule has 0 radical (unpaired) electrons. The van der Waals surface area contributed by atoms with Gasteiger partial charge < -0.3 is 15.1 Å². The maximum atomic E-state index is 12.1. The summed E-state index contributed by atoms with van der Waals surface area (Å²) < 4.78 is 0. The van der Waals surface area contributed by atoms with E-state index in [1.54, 1.807) is 12.4 Å². The highest BCUT2D eigenvalue weighted by Gasteiger charge is 2.19. The lowest BCUT2D eigenvalue weighted by Gasteiger charge is -2.22. The fourth-order valence-electron chi connectivity index (χ4n) is 2.23. The Bertz CT molecular complexity index is 445. The van der Waals surface area contributed by atoms with Crippen LogP contribution < -0.4 is 10.2 Å². The van der Waals surface area contributed by atoms with Crippen LogP contribution in [0.15, 0.2) is 12.4 Å². The van der Waals surface area contributed by atoms with Crippen molar-refractivity contribution in [3.63, 3.8) is 0 Å². The molecule has 0 bridgehead atoms. The Labute approximate surface area is 120 Å². The Hall–Kier alpha value is -1.85. The zero-order valence-corrected chi connectivity index (χ0v) is 12.3. The van der Waals surface area contributed by atoms with Crippen molar-refractivity contribution in [3.05, 3.63) is 12.4 Å². The van der Waals surface area contributed by atoms with E-state index >= 15 is 0 Å². The second-order valence-electron chi connectivity index (χ2n) is 5.13. The molecule has 20 heavy (non-hydrogen) atoms. The fourth-order valence-corrected chi connectivity index (χ4v) is 2.23. The Morgan fingerprint density at radius 3 is 2.85 bits per heavy atom. The molecule has 6 heteroatoms. The zero-order valence-electron chi connectivity index (χ0n) is 12.3. The molecular weight excluding hydrogens is 254 g/mol. The largest absolute Gasteiger partial charge is 0.369 e. The second kappa shape index (κ2) is 7.07. The van der Waals surface area contributed by atoms with Gasteiger partial charge in [0, 0.05) is 26.7 Å². The van der Waals surface area contributed by atoms with E-state index in [0.717, 1.165) is 50.5 Å². The number of hydrogen-bond acceptors (Lipinski definition) is 5. The van der Waals surface area contributed by atoms with Gasteiger partial charge in [0.1, 0.15) is 11.6 Å². The molecule has 0 saturated carbocycles. The highest BCUT2D eigenvalue weighted by atomic mass is 16.2. The molecule has 0 spiro atoms. The van der Waals surface area contributed by atoms with Crippen molar-refractivity contribution >= 4 is 17.5 Å². The Morgan fingerprint density at radius 1 is 1.40 bits per heavy atom. The molecule has 0 atom stereocenters. The number of nitrogens with zero attached hydrogens (tertiary/aromatic N) is 4. The molecule has 1 saturated heterocycles. The van der Waals surface area contributed by atoms with E-state index in [2.05, 4.69) is 22.2 Å². The smallest absolute Gasteiger partial charge is 0.242 e. The van der Waals surface area contributed by atoms with Gasteiger partial charge in [0.05, 0.1) is 18.9 Å². The van der Waals surface area contributed by atoms with E-state index in [-0.39, 0.29) is 5.91 Å². The quantitative estimate of drug-likeness (QED) is 0.850. The van der Waals surface area contributed by atoms with Gasteiger partial charge in [0.2, 0.25) is 5.91 Å². The minimum atomic E-state index is 0.165. The first-order valence-electron chi connectivity index (χ1n) is 7.25. The van der Waals surface area contributed by atoms with Crippen molar-refractivity contribution < 1.29 is 4.79 Å². The van der Waals surface area contributed by atoms with Crippen molar-refractivity contribution in [2.45, 2.75) is 26.2 Å². The maximum Gasteiger partial charge on any atom is 0.242 e. The number of anilines is 2. The van der Waals surface area contributed by atoms with Gasteiger partial charge in [0.15, 0.2) is 0 Å². The molecule has 1 fully saturated rings. The lowest BCUT2D eigenvalue weighted by molar-refractivity contribution is -0.128. The summed E-state index contributed by atoms with van der Waals surface area (Å²) in [6.07, 6.45) is 6.66. The number of carbonyl (C=O) groups excluding carboxylic acids is 1. The summed E-state index contributed by atoms with van der Waals surface area (Å²) in [6.45, 7) is 5.10. The molecule has 1 aromatic heterocycles. The molecule has 0 aromatic carbocycles. The van der Waals surface area contributed by atoms with E-state index in [4.69, 9.17) is 0 Å². The summed E-state index contributed by atoms with van der Waals surface area (Å²) in [5.41, 5.74) is 0. The number of aromatic nitrogens is 2. The van der Waals surface area contributed by atoms with Gasteiger partial charge in [-0.1, -0.05) is 6.92 Å². The van der Waals surface area contributed by atoms with Gasteiger partial charge in [0.25, 0.3) is 0 Å². The molecule has 1 N–H and O–H groups in total. The summed E-state index contributed by atoms with van der Waals surface area (Å²) in [5.74, 6) is 1.64. The van der Waals surface area contributed by atoms with E-state index in [0.29, 0.717) is 6.54 Å². The number of carbonyl (C=O) groups is 1. The SMILES string of the molecule is CCCNc1cncc(N(C)CC(=O)N2CCCC2)n1. The van der Waals surface area contributed by atoms with Crippen LogP contribution in [0.1, 0.15) is 26.2 Å². The minimum Gasteiger partial charge on any atom is -0.369 e. The summed E-state index contributed by atoms with van der Waals surface area (Å²) in [7, 11) is 1.88. The Kier molecular flexibility index (Phi) is 5.15. The highest BCUT2D eigenvalue weighted by molar-refractivity contribution is 5.81. The summed E-state index contributed by atoms with van der Waals surface area (Å²) in [6, 6.07) is 0. The lowest BCUT2D eigenvalue weighted by Crippen LogP contribution is -2.37. The molecular formula is C14H23N5O. The first-order valence-corrected chi connectivity index (χ1v) is 7.25. The van der Waals surface area contributed by atoms with Crippen molar-refractivity contribution in [1.29, 1.82) is 0 Å². The van der Waals surface area contributed by atoms with Gasteiger partial charge in [-0.05, 0) is 19.3 Å². The van der Waals surface area contributed by atoms with Gasteiger partial charge in [-0.25, -0.2) is 4.98 Å². The van der Waals surface area contributed by atoms with Crippen LogP contribution in [0.4, 0.5) is 11.6 Å². The normalized spacial score (nSPS) is 14.4. The van der Waals surface area contributed by atoms with Crippen LogP contribution in [0.2, 0.25) is 0 Å². The van der Waals surface area contributed by atoms with Gasteiger partial charge in [-0.2, -0.15) is 0 Å². The molecule has 2 rings (SSSR count). The number of amides is 1. The standard InChI is InChI=1S/C14H23N5O/c1-3-6-16-12-9-15-10-13(17-12)18(2)11-14(20)19-7-4-5-8-19/h9-10H,3-8,11H2,1-2H3,(H,16,17). The summed E-state index contributed by atoms with van der Waals surface area (Å²) in [4.78, 5) is 24.5. The van der Waals surface area contributed by atoms with Crippen LogP contribution in [0.25, 0.3) is 0 Å². The van der Waals surface area contributed by atoms with Crippen molar-refractivity contribution in [3.8, 4) is 0 Å². The van der Waals surface area contributed by atoms with Crippen LogP contribution in [0, 0.1) is 0 Å². The molecule has 0 aliphatic carbocycles. The third kappa shape index (κ3) is 3.82. The van der Waals surface area contributed by atoms with Crippen LogP contribution >= 0.6 is 0 Å². The van der Waals surface area contributed by atoms with E-state index < -0.39 is 0 Å². The van der Waals surface area contributed by atoms with E-state index in [1.165, 1.54) is 0 Å². The second-order valence-corrected chi connectivity index (χ2v) is 5.13. The van der Waals surface area contributed by atoms with E-state index in [1.807, 2.05) is 16.8 Å². The fraction of sp³-hybridized carbons (Fsp3) is 0.643. The van der Waals surface area contributed by atoms with E-state index in [9.17, 15) is 4.79 Å². The average Bonchev–Trinajstić information content (AvgIpc) is 2.99. The van der Waals surface area contributed by atoms with Gasteiger partial charge >= 0.3 is 0 Å². The number of rotatable bonds is 6. The highest BCUT2D eigenvalue weighted by Crippen LogP contribution is 2.13. The molecule has 0 unspecified atom stereocenters. The van der Waals surface area contributed by atoms with Gasteiger partial charge in [-0.3, -0.25) is 9.78 Å². The van der Waals surface area contributed by atoms with Crippen LogP contribution in [0.3, 0.4) is 0 Å². The number of likely N-dealkylation sites (tertiary alicyclic amines) is 1. The number of nitrogens with one attached hydrogen (secondary N) is 1. The molecule has 110 valence electrons. The van der Waals surface area contributed by atoms with Crippen molar-refractivity contribution in [1.82, 2.24) is 14.9 Å². The van der Waals surface area contributed by atoms with Crippen LogP contribution in [0.5, 0.6) is 0 Å². The zero-order chi connectivity index (χ0) is 14.4. The summed E-state index contributed by atoms with van der Waals surface area (Å²) in [5, 5.41) is 3.20. The van der Waals surface area contributed by atoms with Crippen LogP contribution in [-0.4, -0.2) is 54.0 Å². The van der Waals surface area contributed by atoms with Crippen molar-refractivity contribution in [2.75, 3.05) is 43.4 Å². The summed E-state index contributed by atoms with van der Waals surface area (Å²) >= 11 is 0. The number of likely N-dealkylation sites (N-methyl/N-ethyl adjacent to an activating group) is 1. The Balaban J connectivity index is 1.93. The molecule has 1 aliphatic rings. The monoisotopic (exact) mass is 277 g/mol. The van der Waals surface area contributed by atoms with Crippen LogP contribution in [-0.2, 0) is 4.79 Å². The lowest BCUT2D eigenvalue weighted by atomic mass is 10.4. The first-order chi connectivity index (χ1) is 9.70. The van der Waals surface area contributed by atoms with Crippen molar-refractivity contribution in [2.24, 2.45) is 0 Å². The average molecular weight is 277 g/mol. The predicted octanol–water partition coefficient (Wildman–Crippen LogP) is 1.36. The van der Waals surface area contributed by atoms with Gasteiger partial charge in [-0.15, -0.1) is 0 Å². The predicted molar refractivity (Wildman–Crippen MR) is 79.9 cm³/mol. The molecule has 1 aromatic rings.